The third-order valence-electron chi connectivity index (χ3n) is 3.30. The Balaban J connectivity index is 1.96. The molecule has 1 unspecified atom stereocenters. The Morgan fingerprint density at radius 1 is 1.27 bits per heavy atom. The molecule has 1 heterocycles. The van der Waals surface area contributed by atoms with Gasteiger partial charge in [-0.3, -0.25) is 4.79 Å². The van der Waals surface area contributed by atoms with Crippen LogP contribution in [0.5, 0.6) is 0 Å². The Labute approximate surface area is 150 Å². The summed E-state index contributed by atoms with van der Waals surface area (Å²) in [5.41, 5.74) is 0.350. The number of rotatable bonds is 7. The van der Waals surface area contributed by atoms with E-state index in [0.717, 1.165) is 6.08 Å². The molecule has 1 aromatic heterocycles. The van der Waals surface area contributed by atoms with Crippen molar-refractivity contribution in [2.45, 2.75) is 24.3 Å². The van der Waals surface area contributed by atoms with Crippen LogP contribution >= 0.6 is 0 Å². The van der Waals surface area contributed by atoms with Gasteiger partial charge in [-0.25, -0.2) is 18.4 Å². The standard InChI is InChI=1S/C17H18N2O6S/c1-2-15(25-16(20)10-7-13-4-3-11-24-13)17(21)19-12-5-8-14(9-6-12)26(18,22)23/h3-11,15H,2H2,1H3,(H,19,21)(H2,18,22,23). The average molecular weight is 378 g/mol. The maximum absolute atomic E-state index is 12.2. The molecule has 1 aromatic carbocycles. The lowest BCUT2D eigenvalue weighted by Crippen LogP contribution is -2.31. The van der Waals surface area contributed by atoms with Gasteiger partial charge < -0.3 is 14.5 Å². The lowest BCUT2D eigenvalue weighted by Gasteiger charge is -2.15. The summed E-state index contributed by atoms with van der Waals surface area (Å²) in [4.78, 5) is 24.0. The van der Waals surface area contributed by atoms with Crippen LogP contribution in [0.15, 0.2) is 58.1 Å². The Morgan fingerprint density at radius 2 is 1.96 bits per heavy atom. The van der Waals surface area contributed by atoms with Gasteiger partial charge in [-0.15, -0.1) is 0 Å². The number of primary sulfonamides is 1. The second-order valence-electron chi connectivity index (χ2n) is 5.24. The summed E-state index contributed by atoms with van der Waals surface area (Å²) in [7, 11) is -3.81. The molecule has 0 saturated heterocycles. The van der Waals surface area contributed by atoms with Gasteiger partial charge in [0.2, 0.25) is 10.0 Å². The van der Waals surface area contributed by atoms with E-state index in [4.69, 9.17) is 14.3 Å². The summed E-state index contributed by atoms with van der Waals surface area (Å²) in [5.74, 6) is -0.738. The summed E-state index contributed by atoms with van der Waals surface area (Å²) < 4.78 is 32.6. The van der Waals surface area contributed by atoms with Crippen molar-refractivity contribution in [1.82, 2.24) is 0 Å². The Morgan fingerprint density at radius 3 is 2.50 bits per heavy atom. The highest BCUT2D eigenvalue weighted by molar-refractivity contribution is 7.89. The molecular weight excluding hydrogens is 360 g/mol. The van der Waals surface area contributed by atoms with Gasteiger partial charge in [-0.2, -0.15) is 0 Å². The van der Waals surface area contributed by atoms with E-state index in [1.54, 1.807) is 19.1 Å². The van der Waals surface area contributed by atoms with Crippen LogP contribution in [0.25, 0.3) is 6.08 Å². The van der Waals surface area contributed by atoms with Crippen molar-refractivity contribution in [3.05, 3.63) is 54.5 Å². The largest absolute Gasteiger partial charge is 0.465 e. The first kappa shape index (κ1) is 19.4. The van der Waals surface area contributed by atoms with E-state index in [1.807, 2.05) is 0 Å². The van der Waals surface area contributed by atoms with Crippen molar-refractivity contribution in [3.63, 3.8) is 0 Å². The van der Waals surface area contributed by atoms with Crippen LogP contribution in [0.2, 0.25) is 0 Å². The first-order valence-corrected chi connectivity index (χ1v) is 9.20. The first-order chi connectivity index (χ1) is 12.3. The van der Waals surface area contributed by atoms with Gasteiger partial charge >= 0.3 is 5.97 Å². The summed E-state index contributed by atoms with van der Waals surface area (Å²) in [6.45, 7) is 1.69. The number of carbonyl (C=O) groups excluding carboxylic acids is 2. The molecule has 0 saturated carbocycles. The van der Waals surface area contributed by atoms with E-state index in [0.29, 0.717) is 11.4 Å². The van der Waals surface area contributed by atoms with Gasteiger partial charge in [0.05, 0.1) is 11.2 Å². The fraction of sp³-hybridized carbons (Fsp3) is 0.176. The minimum atomic E-state index is -3.81. The smallest absolute Gasteiger partial charge is 0.331 e. The van der Waals surface area contributed by atoms with Crippen molar-refractivity contribution in [2.24, 2.45) is 5.14 Å². The normalized spacial score (nSPS) is 12.7. The molecule has 2 rings (SSSR count). The van der Waals surface area contributed by atoms with Crippen LogP contribution in [-0.4, -0.2) is 26.4 Å². The molecular formula is C17H18N2O6S. The van der Waals surface area contributed by atoms with Crippen LogP contribution in [-0.2, 0) is 24.3 Å². The molecule has 1 amide bonds. The van der Waals surface area contributed by atoms with Crippen molar-refractivity contribution in [2.75, 3.05) is 5.32 Å². The molecule has 0 bridgehead atoms. The van der Waals surface area contributed by atoms with Crippen molar-refractivity contribution < 1.29 is 27.2 Å². The number of anilines is 1. The number of carbonyl (C=O) groups is 2. The zero-order valence-corrected chi connectivity index (χ0v) is 14.7. The molecule has 2 aromatic rings. The Hall–Kier alpha value is -2.91. The van der Waals surface area contributed by atoms with Gasteiger partial charge in [0, 0.05) is 11.8 Å². The number of sulfonamides is 1. The minimum absolute atomic E-state index is 0.0722. The number of benzene rings is 1. The zero-order valence-electron chi connectivity index (χ0n) is 13.9. The van der Waals surface area contributed by atoms with E-state index in [9.17, 15) is 18.0 Å². The van der Waals surface area contributed by atoms with Crippen LogP contribution in [0.1, 0.15) is 19.1 Å². The molecule has 0 aliphatic carbocycles. The Kier molecular flexibility index (Phi) is 6.31. The fourth-order valence-corrected chi connectivity index (χ4v) is 2.50. The molecule has 9 heteroatoms. The lowest BCUT2D eigenvalue weighted by molar-refractivity contribution is -0.149. The van der Waals surface area contributed by atoms with Crippen LogP contribution in [0.4, 0.5) is 5.69 Å². The number of nitrogens with one attached hydrogen (secondary N) is 1. The molecule has 0 spiro atoms. The molecule has 0 radical (unpaired) electrons. The molecule has 0 aliphatic heterocycles. The highest BCUT2D eigenvalue weighted by atomic mass is 32.2. The molecule has 0 fully saturated rings. The third-order valence-corrected chi connectivity index (χ3v) is 4.23. The van der Waals surface area contributed by atoms with Gasteiger partial charge in [0.1, 0.15) is 5.76 Å². The van der Waals surface area contributed by atoms with E-state index >= 15 is 0 Å². The monoisotopic (exact) mass is 378 g/mol. The third kappa shape index (κ3) is 5.57. The van der Waals surface area contributed by atoms with E-state index in [2.05, 4.69) is 5.32 Å². The van der Waals surface area contributed by atoms with Gasteiger partial charge in [-0.05, 0) is 48.9 Å². The summed E-state index contributed by atoms with van der Waals surface area (Å²) in [5, 5.41) is 7.56. The van der Waals surface area contributed by atoms with Crippen molar-refractivity contribution >= 4 is 33.7 Å². The topological polar surface area (TPSA) is 129 Å². The number of hydrogen-bond donors (Lipinski definition) is 2. The number of amides is 1. The summed E-state index contributed by atoms with van der Waals surface area (Å²) in [6.07, 6.45) is 3.33. The van der Waals surface area contributed by atoms with Crippen molar-refractivity contribution in [1.29, 1.82) is 0 Å². The maximum atomic E-state index is 12.2. The van der Waals surface area contributed by atoms with Crippen LogP contribution < -0.4 is 10.5 Å². The Bertz CT molecular complexity index is 886. The van der Waals surface area contributed by atoms with E-state index in [-0.39, 0.29) is 11.3 Å². The summed E-state index contributed by atoms with van der Waals surface area (Å²) in [6, 6.07) is 8.66. The van der Waals surface area contributed by atoms with Gasteiger partial charge in [0.15, 0.2) is 6.10 Å². The molecule has 1 atom stereocenters. The SMILES string of the molecule is CCC(OC(=O)C=Cc1ccco1)C(=O)Nc1ccc(S(N)(=O)=O)cc1. The fourth-order valence-electron chi connectivity index (χ4n) is 1.99. The van der Waals surface area contributed by atoms with Crippen LogP contribution in [0, 0.1) is 0 Å². The number of esters is 1. The molecule has 8 nitrogen and oxygen atoms in total. The van der Waals surface area contributed by atoms with Crippen molar-refractivity contribution in [3.8, 4) is 0 Å². The van der Waals surface area contributed by atoms with Gasteiger partial charge in [-0.1, -0.05) is 6.92 Å². The molecule has 26 heavy (non-hydrogen) atoms. The number of furan rings is 1. The summed E-state index contributed by atoms with van der Waals surface area (Å²) >= 11 is 0. The second-order valence-corrected chi connectivity index (χ2v) is 6.80. The number of hydrogen-bond acceptors (Lipinski definition) is 6. The minimum Gasteiger partial charge on any atom is -0.465 e. The van der Waals surface area contributed by atoms with Gasteiger partial charge in [0.25, 0.3) is 5.91 Å². The first-order valence-electron chi connectivity index (χ1n) is 7.65. The zero-order chi connectivity index (χ0) is 19.2. The lowest BCUT2D eigenvalue weighted by atomic mass is 10.2. The van der Waals surface area contributed by atoms with E-state index in [1.165, 1.54) is 36.6 Å². The van der Waals surface area contributed by atoms with Crippen LogP contribution in [0.3, 0.4) is 0 Å². The average Bonchev–Trinajstić information content (AvgIpc) is 3.11. The number of nitrogens with two attached hydrogens (primary N) is 1. The highest BCUT2D eigenvalue weighted by Gasteiger charge is 2.20. The predicted octanol–water partition coefficient (Wildman–Crippen LogP) is 1.90. The molecule has 138 valence electrons. The number of ether oxygens (including phenoxy) is 1. The molecule has 0 aliphatic rings. The quantitative estimate of drug-likeness (QED) is 0.559. The second kappa shape index (κ2) is 8.45. The molecule has 3 N–H and O–H groups in total. The highest BCUT2D eigenvalue weighted by Crippen LogP contribution is 2.14. The predicted molar refractivity (Wildman–Crippen MR) is 94.4 cm³/mol. The van der Waals surface area contributed by atoms with E-state index < -0.39 is 28.0 Å². The maximum Gasteiger partial charge on any atom is 0.331 e.